The minimum absolute atomic E-state index is 0.291. The van der Waals surface area contributed by atoms with Crippen LogP contribution in [0.3, 0.4) is 0 Å². The number of nitriles is 1. The Hall–Kier alpha value is -2.40. The molecular formula is C22H35N7O. The molecule has 0 radical (unpaired) electrons. The van der Waals surface area contributed by atoms with Crippen molar-refractivity contribution in [3.8, 4) is 6.07 Å². The zero-order valence-corrected chi connectivity index (χ0v) is 18.2. The van der Waals surface area contributed by atoms with E-state index in [0.29, 0.717) is 24.7 Å². The number of piperazine rings is 1. The van der Waals surface area contributed by atoms with Gasteiger partial charge in [-0.3, -0.25) is 9.69 Å². The molecule has 0 aromatic carbocycles. The number of piperidine rings is 1. The molecule has 164 valence electrons. The molecule has 1 aromatic heterocycles. The normalized spacial score (nSPS) is 18.3. The van der Waals surface area contributed by atoms with Crippen LogP contribution in [0.25, 0.3) is 0 Å². The maximum Gasteiger partial charge on any atom is 0.222 e. The summed E-state index contributed by atoms with van der Waals surface area (Å²) in [5.74, 6) is 2.79. The van der Waals surface area contributed by atoms with Gasteiger partial charge in [-0.2, -0.15) is 5.26 Å². The van der Waals surface area contributed by atoms with Crippen molar-refractivity contribution in [1.82, 2.24) is 19.8 Å². The molecule has 0 bridgehead atoms. The van der Waals surface area contributed by atoms with Gasteiger partial charge in [0.2, 0.25) is 5.91 Å². The van der Waals surface area contributed by atoms with E-state index in [1.54, 1.807) is 6.33 Å². The highest BCUT2D eigenvalue weighted by atomic mass is 16.2. The zero-order valence-electron chi connectivity index (χ0n) is 18.2. The molecule has 1 aromatic rings. The Morgan fingerprint density at radius 3 is 2.67 bits per heavy atom. The van der Waals surface area contributed by atoms with E-state index in [1.807, 2.05) is 11.0 Å². The molecule has 3 rings (SSSR count). The van der Waals surface area contributed by atoms with Gasteiger partial charge in [-0.25, -0.2) is 9.97 Å². The summed E-state index contributed by atoms with van der Waals surface area (Å²) in [7, 11) is 0. The number of nitrogens with zero attached hydrogens (tertiary/aromatic N) is 6. The third-order valence-electron chi connectivity index (χ3n) is 6.18. The van der Waals surface area contributed by atoms with Crippen molar-refractivity contribution in [2.45, 2.75) is 45.4 Å². The third kappa shape index (κ3) is 6.56. The number of hydrogen-bond donors (Lipinski definition) is 1. The molecule has 0 unspecified atom stereocenters. The van der Waals surface area contributed by atoms with Gasteiger partial charge in [0.15, 0.2) is 0 Å². The average Bonchev–Trinajstić information content (AvgIpc) is 2.80. The minimum atomic E-state index is 0.291. The topological polar surface area (TPSA) is 88.4 Å². The fourth-order valence-corrected chi connectivity index (χ4v) is 4.24. The molecule has 30 heavy (non-hydrogen) atoms. The maximum absolute atomic E-state index is 12.6. The van der Waals surface area contributed by atoms with Crippen LogP contribution >= 0.6 is 0 Å². The Kier molecular flexibility index (Phi) is 8.69. The second-order valence-electron chi connectivity index (χ2n) is 8.29. The van der Waals surface area contributed by atoms with Gasteiger partial charge in [0, 0.05) is 71.3 Å². The minimum Gasteiger partial charge on any atom is -0.370 e. The molecule has 8 heteroatoms. The summed E-state index contributed by atoms with van der Waals surface area (Å²) in [6.45, 7) is 9.22. The quantitative estimate of drug-likeness (QED) is 0.665. The van der Waals surface area contributed by atoms with Gasteiger partial charge in [-0.15, -0.1) is 0 Å². The smallest absolute Gasteiger partial charge is 0.222 e. The van der Waals surface area contributed by atoms with E-state index in [9.17, 15) is 4.79 Å². The van der Waals surface area contributed by atoms with Crippen molar-refractivity contribution >= 4 is 17.5 Å². The summed E-state index contributed by atoms with van der Waals surface area (Å²) in [6, 6.07) is 4.23. The fourth-order valence-electron chi connectivity index (χ4n) is 4.24. The van der Waals surface area contributed by atoms with Gasteiger partial charge in [0.25, 0.3) is 0 Å². The van der Waals surface area contributed by atoms with E-state index < -0.39 is 0 Å². The lowest BCUT2D eigenvalue weighted by atomic mass is 9.92. The number of nitrogens with one attached hydrogen (secondary N) is 1. The molecule has 2 aliphatic rings. The standard InChI is InChI=1S/C22H35N7O/c1-2-9-24-20-17-21(26-18-25-20)28-11-6-19(7-12-28)4-5-22(30)29-15-13-27(14-16-29)10-3-8-23/h17-19H,2-7,9-16H2,1H3,(H,24,25,26). The molecule has 0 aliphatic carbocycles. The van der Waals surface area contributed by atoms with Crippen molar-refractivity contribution in [2.24, 2.45) is 5.92 Å². The number of carbonyl (C=O) groups is 1. The van der Waals surface area contributed by atoms with Gasteiger partial charge < -0.3 is 15.1 Å². The van der Waals surface area contributed by atoms with Crippen LogP contribution < -0.4 is 10.2 Å². The molecule has 3 heterocycles. The third-order valence-corrected chi connectivity index (χ3v) is 6.18. The highest BCUT2D eigenvalue weighted by Crippen LogP contribution is 2.26. The lowest BCUT2D eigenvalue weighted by Gasteiger charge is -2.35. The number of hydrogen-bond acceptors (Lipinski definition) is 7. The summed E-state index contributed by atoms with van der Waals surface area (Å²) in [6.07, 6.45) is 7.13. The van der Waals surface area contributed by atoms with E-state index in [4.69, 9.17) is 5.26 Å². The van der Waals surface area contributed by atoms with E-state index in [-0.39, 0.29) is 0 Å². The fraction of sp³-hybridized carbons (Fsp3) is 0.727. The average molecular weight is 414 g/mol. The molecule has 8 nitrogen and oxygen atoms in total. The van der Waals surface area contributed by atoms with Crippen LogP contribution in [0.5, 0.6) is 0 Å². The molecule has 2 fully saturated rings. The van der Waals surface area contributed by atoms with Crippen molar-refractivity contribution < 1.29 is 4.79 Å². The summed E-state index contributed by atoms with van der Waals surface area (Å²) in [5.41, 5.74) is 0. The summed E-state index contributed by atoms with van der Waals surface area (Å²) < 4.78 is 0. The van der Waals surface area contributed by atoms with Crippen LogP contribution in [-0.2, 0) is 4.79 Å². The molecule has 0 saturated carbocycles. The Morgan fingerprint density at radius 2 is 1.97 bits per heavy atom. The summed E-state index contributed by atoms with van der Waals surface area (Å²) in [4.78, 5) is 27.9. The molecule has 1 N–H and O–H groups in total. The number of carbonyl (C=O) groups excluding carboxylic acids is 1. The first-order valence-corrected chi connectivity index (χ1v) is 11.4. The van der Waals surface area contributed by atoms with Gasteiger partial charge in [-0.1, -0.05) is 6.92 Å². The Bertz CT molecular complexity index is 704. The number of amides is 1. The van der Waals surface area contributed by atoms with Crippen LogP contribution in [0, 0.1) is 17.2 Å². The molecule has 0 atom stereocenters. The first-order chi connectivity index (χ1) is 14.7. The zero-order chi connectivity index (χ0) is 21.2. The molecular weight excluding hydrogens is 378 g/mol. The highest BCUT2D eigenvalue weighted by Gasteiger charge is 2.24. The highest BCUT2D eigenvalue weighted by molar-refractivity contribution is 5.76. The van der Waals surface area contributed by atoms with Gasteiger partial charge >= 0.3 is 0 Å². The predicted molar refractivity (Wildman–Crippen MR) is 118 cm³/mol. The van der Waals surface area contributed by atoms with Crippen LogP contribution in [-0.4, -0.2) is 78.0 Å². The Balaban J connectivity index is 1.36. The second kappa shape index (κ2) is 11.7. The van der Waals surface area contributed by atoms with Crippen molar-refractivity contribution in [1.29, 1.82) is 5.26 Å². The van der Waals surface area contributed by atoms with Crippen molar-refractivity contribution in [3.63, 3.8) is 0 Å². The molecule has 2 saturated heterocycles. The first-order valence-electron chi connectivity index (χ1n) is 11.4. The van der Waals surface area contributed by atoms with Crippen LogP contribution in [0.2, 0.25) is 0 Å². The maximum atomic E-state index is 12.6. The number of rotatable bonds is 9. The predicted octanol–water partition coefficient (Wildman–Crippen LogP) is 2.35. The second-order valence-corrected chi connectivity index (χ2v) is 8.29. The van der Waals surface area contributed by atoms with Gasteiger partial charge in [-0.05, 0) is 31.6 Å². The number of anilines is 2. The first kappa shape index (κ1) is 22.3. The van der Waals surface area contributed by atoms with E-state index in [0.717, 1.165) is 89.7 Å². The largest absolute Gasteiger partial charge is 0.370 e. The van der Waals surface area contributed by atoms with Gasteiger partial charge in [0.05, 0.1) is 6.07 Å². The van der Waals surface area contributed by atoms with Crippen molar-refractivity contribution in [2.75, 3.05) is 62.6 Å². The van der Waals surface area contributed by atoms with E-state index in [2.05, 4.69) is 38.1 Å². The lowest BCUT2D eigenvalue weighted by Crippen LogP contribution is -2.48. The number of aromatic nitrogens is 2. The Morgan fingerprint density at radius 1 is 1.20 bits per heavy atom. The summed E-state index contributed by atoms with van der Waals surface area (Å²) in [5, 5.41) is 12.0. The SMILES string of the molecule is CCCNc1cc(N2CCC(CCC(=O)N3CCN(CCC#N)CC3)CC2)ncn1. The van der Waals surface area contributed by atoms with E-state index in [1.165, 1.54) is 0 Å². The van der Waals surface area contributed by atoms with Crippen LogP contribution in [0.4, 0.5) is 11.6 Å². The van der Waals surface area contributed by atoms with E-state index >= 15 is 0 Å². The van der Waals surface area contributed by atoms with Crippen molar-refractivity contribution in [3.05, 3.63) is 12.4 Å². The molecule has 0 spiro atoms. The summed E-state index contributed by atoms with van der Waals surface area (Å²) >= 11 is 0. The van der Waals surface area contributed by atoms with Crippen LogP contribution in [0.1, 0.15) is 45.4 Å². The Labute approximate surface area is 180 Å². The monoisotopic (exact) mass is 413 g/mol. The molecule has 1 amide bonds. The lowest BCUT2D eigenvalue weighted by molar-refractivity contribution is -0.133. The van der Waals surface area contributed by atoms with Gasteiger partial charge in [0.1, 0.15) is 18.0 Å². The van der Waals surface area contributed by atoms with Crippen LogP contribution in [0.15, 0.2) is 12.4 Å². The molecule has 2 aliphatic heterocycles.